The lowest BCUT2D eigenvalue weighted by atomic mass is 10.00. The molecule has 0 amide bonds. The molecule has 0 radical (unpaired) electrons. The topological polar surface area (TPSA) is 102 Å². The lowest BCUT2D eigenvalue weighted by molar-refractivity contribution is -0.152. The molecule has 0 bridgehead atoms. The number of esters is 1. The summed E-state index contributed by atoms with van der Waals surface area (Å²) >= 11 is 0. The minimum atomic E-state index is -1.93. The minimum absolute atomic E-state index is 0.00677. The average Bonchev–Trinajstić information content (AvgIpc) is 3.26. The molecule has 0 spiro atoms. The van der Waals surface area contributed by atoms with Crippen LogP contribution in [0.1, 0.15) is 70.8 Å². The second kappa shape index (κ2) is 17.1. The smallest absolute Gasteiger partial charge is 0.342 e. The predicted octanol–water partition coefficient (Wildman–Crippen LogP) is 8.06. The largest absolute Gasteiger partial charge is 0.497 e. The van der Waals surface area contributed by atoms with E-state index in [1.807, 2.05) is 32.1 Å². The molecule has 0 aliphatic carbocycles. The zero-order valence-electron chi connectivity index (χ0n) is 31.4. The number of rotatable bonds is 17. The van der Waals surface area contributed by atoms with Crippen molar-refractivity contribution >= 4 is 28.4 Å². The Kier molecular flexibility index (Phi) is 15.0. The fourth-order valence-electron chi connectivity index (χ4n) is 4.80. The number of aliphatic hydroxyl groups is 1. The van der Waals surface area contributed by atoms with Crippen molar-refractivity contribution in [2.24, 2.45) is 5.92 Å². The van der Waals surface area contributed by atoms with Crippen LogP contribution < -0.4 is 9.47 Å². The normalized spacial score (nSPS) is 20.8. The van der Waals surface area contributed by atoms with Crippen LogP contribution in [0.15, 0.2) is 30.4 Å². The van der Waals surface area contributed by atoms with Crippen LogP contribution in [0.25, 0.3) is 6.08 Å². The molecular formula is C36H62O9Si2. The summed E-state index contributed by atoms with van der Waals surface area (Å²) in [5, 5.41) is 11.4. The molecular weight excluding hydrogens is 633 g/mol. The van der Waals surface area contributed by atoms with E-state index in [2.05, 4.69) is 67.4 Å². The monoisotopic (exact) mass is 694 g/mol. The maximum absolute atomic E-state index is 13.4. The maximum Gasteiger partial charge on any atom is 0.342 e. The molecule has 1 aliphatic rings. The first kappa shape index (κ1) is 41.2. The molecule has 1 heterocycles. The Balaban J connectivity index is 2.27. The average molecular weight is 695 g/mol. The van der Waals surface area contributed by atoms with E-state index in [-0.39, 0.29) is 23.9 Å². The summed E-state index contributed by atoms with van der Waals surface area (Å²) in [5.74, 6) is -0.415. The highest BCUT2D eigenvalue weighted by molar-refractivity contribution is 6.76. The highest BCUT2D eigenvalue weighted by Crippen LogP contribution is 2.38. The molecule has 1 N–H and O–H groups in total. The lowest BCUT2D eigenvalue weighted by Crippen LogP contribution is -2.44. The predicted molar refractivity (Wildman–Crippen MR) is 193 cm³/mol. The number of ether oxygens (including phenoxy) is 6. The standard InChI is InChI=1S/C36H62O9Si2/c1-25(26(2)45-47(13,14)35(3,4)5)18-19-29(37)33-30(43-36(6,7)44-33)17-15-16-27-22-28(40-9)23-31(42-24-39-8)32(27)34(38)41-20-21-46(10,11)12/h15-16,18-19,22-23,25-26,29-30,33,37H,17,20-21,24H2,1-14H3/b16-15+,19-18-/t25-,26+,29?,30-,33+/m0/s1. The van der Waals surface area contributed by atoms with Crippen molar-refractivity contribution in [1.29, 1.82) is 0 Å². The fourth-order valence-corrected chi connectivity index (χ4v) is 7.02. The van der Waals surface area contributed by atoms with Gasteiger partial charge in [-0.05, 0) is 68.9 Å². The van der Waals surface area contributed by atoms with Gasteiger partial charge in [-0.15, -0.1) is 0 Å². The molecule has 2 rings (SSSR count). The third-order valence-corrected chi connectivity index (χ3v) is 15.1. The van der Waals surface area contributed by atoms with Gasteiger partial charge in [0.25, 0.3) is 0 Å². The number of aliphatic hydroxyl groups excluding tert-OH is 1. The van der Waals surface area contributed by atoms with Gasteiger partial charge in [-0.3, -0.25) is 0 Å². The molecule has 268 valence electrons. The second-order valence-electron chi connectivity index (χ2n) is 15.7. The van der Waals surface area contributed by atoms with Crippen LogP contribution in [0.4, 0.5) is 0 Å². The second-order valence-corrected chi connectivity index (χ2v) is 26.1. The van der Waals surface area contributed by atoms with Gasteiger partial charge in [-0.2, -0.15) is 0 Å². The molecule has 9 nitrogen and oxygen atoms in total. The summed E-state index contributed by atoms with van der Waals surface area (Å²) in [6, 6.07) is 4.27. The fraction of sp³-hybridized carbons (Fsp3) is 0.694. The first-order chi connectivity index (χ1) is 21.6. The summed E-state index contributed by atoms with van der Waals surface area (Å²) in [6.45, 7) is 26.1. The zero-order valence-corrected chi connectivity index (χ0v) is 33.4. The first-order valence-electron chi connectivity index (χ1n) is 16.7. The van der Waals surface area contributed by atoms with Crippen LogP contribution in [0, 0.1) is 5.92 Å². The van der Waals surface area contributed by atoms with E-state index in [1.54, 1.807) is 25.3 Å². The number of hydrogen-bond donors (Lipinski definition) is 1. The van der Waals surface area contributed by atoms with Gasteiger partial charge in [0, 0.05) is 27.4 Å². The zero-order chi connectivity index (χ0) is 35.8. The van der Waals surface area contributed by atoms with Gasteiger partial charge in [-0.1, -0.05) is 71.6 Å². The molecule has 5 atom stereocenters. The third kappa shape index (κ3) is 12.8. The summed E-state index contributed by atoms with van der Waals surface area (Å²) in [4.78, 5) is 13.4. The van der Waals surface area contributed by atoms with Crippen molar-refractivity contribution in [2.45, 2.75) is 129 Å². The van der Waals surface area contributed by atoms with Crippen LogP contribution in [0.3, 0.4) is 0 Å². The molecule has 1 fully saturated rings. The Morgan fingerprint density at radius 1 is 1.06 bits per heavy atom. The van der Waals surface area contributed by atoms with Crippen LogP contribution in [0.2, 0.25) is 43.8 Å². The van der Waals surface area contributed by atoms with Crippen molar-refractivity contribution in [2.75, 3.05) is 27.6 Å². The molecule has 1 saturated heterocycles. The van der Waals surface area contributed by atoms with Gasteiger partial charge in [0.1, 0.15) is 29.3 Å². The minimum Gasteiger partial charge on any atom is -0.497 e. The summed E-state index contributed by atoms with van der Waals surface area (Å²) in [6.07, 6.45) is 6.05. The summed E-state index contributed by atoms with van der Waals surface area (Å²) in [7, 11) is -0.258. The van der Waals surface area contributed by atoms with E-state index in [1.165, 1.54) is 7.11 Å². The number of benzene rings is 1. The Morgan fingerprint density at radius 3 is 2.30 bits per heavy atom. The Bertz CT molecular complexity index is 1210. The van der Waals surface area contributed by atoms with Gasteiger partial charge in [-0.25, -0.2) is 4.79 Å². The van der Waals surface area contributed by atoms with Crippen molar-refractivity contribution in [1.82, 2.24) is 0 Å². The van der Waals surface area contributed by atoms with E-state index in [0.29, 0.717) is 35.7 Å². The van der Waals surface area contributed by atoms with Gasteiger partial charge in [0.05, 0.1) is 19.8 Å². The van der Waals surface area contributed by atoms with Gasteiger partial charge < -0.3 is 38.0 Å². The molecule has 0 aromatic heterocycles. The first-order valence-corrected chi connectivity index (χ1v) is 23.3. The summed E-state index contributed by atoms with van der Waals surface area (Å²) in [5.41, 5.74) is 0.870. The van der Waals surface area contributed by atoms with Gasteiger partial charge in [0.2, 0.25) is 0 Å². The van der Waals surface area contributed by atoms with Crippen molar-refractivity contribution in [3.63, 3.8) is 0 Å². The molecule has 1 unspecified atom stereocenters. The van der Waals surface area contributed by atoms with Crippen molar-refractivity contribution < 1.29 is 42.7 Å². The lowest BCUT2D eigenvalue weighted by Gasteiger charge is -2.39. The third-order valence-electron chi connectivity index (χ3n) is 8.83. The van der Waals surface area contributed by atoms with Crippen molar-refractivity contribution in [3.05, 3.63) is 41.5 Å². The van der Waals surface area contributed by atoms with Gasteiger partial charge >= 0.3 is 5.97 Å². The van der Waals surface area contributed by atoms with E-state index >= 15 is 0 Å². The van der Waals surface area contributed by atoms with Crippen LogP contribution in [0.5, 0.6) is 11.5 Å². The van der Waals surface area contributed by atoms with E-state index in [4.69, 9.17) is 32.8 Å². The summed E-state index contributed by atoms with van der Waals surface area (Å²) < 4.78 is 41.1. The highest BCUT2D eigenvalue weighted by Gasteiger charge is 2.44. The quantitative estimate of drug-likeness (QED) is 0.0751. The molecule has 0 saturated carbocycles. The van der Waals surface area contributed by atoms with Crippen LogP contribution in [-0.4, -0.2) is 85.3 Å². The Morgan fingerprint density at radius 2 is 1.72 bits per heavy atom. The molecule has 11 heteroatoms. The Hall–Kier alpha value is -2.00. The molecule has 47 heavy (non-hydrogen) atoms. The van der Waals surface area contributed by atoms with E-state index < -0.39 is 46.5 Å². The number of carbonyl (C=O) groups excluding carboxylic acids is 1. The molecule has 1 aromatic carbocycles. The number of hydrogen-bond acceptors (Lipinski definition) is 9. The molecule has 1 aromatic rings. The van der Waals surface area contributed by atoms with Crippen LogP contribution >= 0.6 is 0 Å². The van der Waals surface area contributed by atoms with E-state index in [9.17, 15) is 9.90 Å². The molecule has 1 aliphatic heterocycles. The number of carbonyl (C=O) groups is 1. The number of methoxy groups -OCH3 is 2. The SMILES string of the molecule is COCOc1cc(OC)cc(/C=C/C[C@@H]2OC(C)(C)O[C@@H]2C(O)/C=C\[C@H](C)[C@@H](C)O[Si](C)(C)C(C)(C)C)c1C(=O)OCC[Si](C)(C)C. The van der Waals surface area contributed by atoms with Crippen molar-refractivity contribution in [3.8, 4) is 11.5 Å². The maximum atomic E-state index is 13.4. The Labute approximate surface area is 286 Å². The van der Waals surface area contributed by atoms with Gasteiger partial charge in [0.15, 0.2) is 20.9 Å². The van der Waals surface area contributed by atoms with E-state index in [0.717, 1.165) is 6.04 Å². The van der Waals surface area contributed by atoms with Crippen LogP contribution in [-0.2, 0) is 23.4 Å². The highest BCUT2D eigenvalue weighted by atomic mass is 28.4.